The van der Waals surface area contributed by atoms with E-state index < -0.39 is 17.8 Å². The summed E-state index contributed by atoms with van der Waals surface area (Å²) in [6, 6.07) is 10.6. The molecule has 0 aromatic heterocycles. The number of primary amides is 1. The third-order valence-corrected chi connectivity index (χ3v) is 4.81. The molecule has 0 radical (unpaired) electrons. The minimum atomic E-state index is -4.44. The summed E-state index contributed by atoms with van der Waals surface area (Å²) >= 11 is 0. The Hall–Kier alpha value is -2.58. The Morgan fingerprint density at radius 3 is 2.21 bits per heavy atom. The number of amides is 1. The monoisotopic (exact) mass is 393 g/mol. The van der Waals surface area contributed by atoms with Gasteiger partial charge in [0.25, 0.3) is 0 Å². The number of carbonyl (C=O) groups is 1. The predicted octanol–water partition coefficient (Wildman–Crippen LogP) is 3.58. The van der Waals surface area contributed by atoms with E-state index in [0.717, 1.165) is 26.2 Å². The fourth-order valence-corrected chi connectivity index (χ4v) is 3.24. The first-order valence-corrected chi connectivity index (χ1v) is 8.91. The van der Waals surface area contributed by atoms with Crippen LogP contribution in [0.1, 0.15) is 11.1 Å². The fraction of sp³-hybridized carbons (Fsp3) is 0.350. The fourth-order valence-electron chi connectivity index (χ4n) is 3.24. The van der Waals surface area contributed by atoms with Crippen LogP contribution in [0.25, 0.3) is 11.1 Å². The minimum absolute atomic E-state index is 0.235. The van der Waals surface area contributed by atoms with Crippen LogP contribution in [-0.2, 0) is 12.7 Å². The molecule has 1 aliphatic rings. The van der Waals surface area contributed by atoms with Crippen LogP contribution in [0.2, 0.25) is 0 Å². The number of carbonyl (C=O) groups excluding carboxylic acids is 1. The number of hydrogen-bond donors (Lipinski definition) is 1. The molecule has 28 heavy (non-hydrogen) atoms. The molecule has 0 unspecified atom stereocenters. The zero-order valence-corrected chi connectivity index (χ0v) is 15.5. The van der Waals surface area contributed by atoms with Gasteiger partial charge in [-0.2, -0.15) is 13.2 Å². The number of nitrogens with two attached hydrogens (primary N) is 1. The highest BCUT2D eigenvalue weighted by Crippen LogP contribution is 2.36. The van der Waals surface area contributed by atoms with Crippen molar-refractivity contribution < 1.29 is 22.7 Å². The van der Waals surface area contributed by atoms with Gasteiger partial charge < -0.3 is 15.4 Å². The van der Waals surface area contributed by atoms with Gasteiger partial charge in [-0.3, -0.25) is 4.90 Å². The molecule has 2 aromatic rings. The quantitative estimate of drug-likeness (QED) is 0.863. The lowest BCUT2D eigenvalue weighted by Crippen LogP contribution is -2.44. The Morgan fingerprint density at radius 2 is 1.64 bits per heavy atom. The highest BCUT2D eigenvalue weighted by Gasteiger charge is 2.34. The molecule has 3 rings (SSSR count). The van der Waals surface area contributed by atoms with Crippen LogP contribution in [0.3, 0.4) is 0 Å². The third kappa shape index (κ3) is 5.02. The maximum atomic E-state index is 13.7. The van der Waals surface area contributed by atoms with Gasteiger partial charge in [0.05, 0.1) is 5.56 Å². The van der Waals surface area contributed by atoms with E-state index in [2.05, 4.69) is 4.90 Å². The molecule has 1 saturated heterocycles. The van der Waals surface area contributed by atoms with Gasteiger partial charge in [0.2, 0.25) is 0 Å². The van der Waals surface area contributed by atoms with E-state index >= 15 is 0 Å². The van der Waals surface area contributed by atoms with Crippen molar-refractivity contribution in [3.8, 4) is 16.9 Å². The van der Waals surface area contributed by atoms with Gasteiger partial charge in [0.1, 0.15) is 5.75 Å². The van der Waals surface area contributed by atoms with E-state index in [9.17, 15) is 18.0 Å². The molecular weight excluding hydrogens is 371 g/mol. The Kier molecular flexibility index (Phi) is 5.90. The van der Waals surface area contributed by atoms with E-state index in [4.69, 9.17) is 10.5 Å². The normalized spacial score (nSPS) is 16.1. The molecule has 1 aliphatic heterocycles. The molecule has 8 heteroatoms. The first kappa shape index (κ1) is 20.2. The summed E-state index contributed by atoms with van der Waals surface area (Å²) in [5.41, 5.74) is 5.63. The highest BCUT2D eigenvalue weighted by molar-refractivity contribution is 5.70. The van der Waals surface area contributed by atoms with Gasteiger partial charge in [-0.25, -0.2) is 4.79 Å². The number of hydrogen-bond acceptors (Lipinski definition) is 4. The SMILES string of the molecule is CN1CCN(Cc2ccc(-c3ccc(OC(N)=O)cc3)cc2C(F)(F)F)CC1. The van der Waals surface area contributed by atoms with Crippen molar-refractivity contribution in [1.29, 1.82) is 0 Å². The third-order valence-electron chi connectivity index (χ3n) is 4.81. The van der Waals surface area contributed by atoms with Crippen molar-refractivity contribution in [2.24, 2.45) is 5.73 Å². The second kappa shape index (κ2) is 8.20. The number of rotatable bonds is 4. The lowest BCUT2D eigenvalue weighted by Gasteiger charge is -2.33. The number of halogens is 3. The average molecular weight is 393 g/mol. The Morgan fingerprint density at radius 1 is 1.04 bits per heavy atom. The van der Waals surface area contributed by atoms with Gasteiger partial charge in [0.15, 0.2) is 0 Å². The average Bonchev–Trinajstić information content (AvgIpc) is 2.63. The van der Waals surface area contributed by atoms with Gasteiger partial charge in [0, 0.05) is 32.7 Å². The van der Waals surface area contributed by atoms with Gasteiger partial charge in [-0.1, -0.05) is 24.3 Å². The maximum Gasteiger partial charge on any atom is 0.416 e. The van der Waals surface area contributed by atoms with Crippen LogP contribution < -0.4 is 10.5 Å². The second-order valence-electron chi connectivity index (χ2n) is 6.89. The summed E-state index contributed by atoms with van der Waals surface area (Å²) in [5.74, 6) is 0.235. The molecule has 0 atom stereocenters. The van der Waals surface area contributed by atoms with Gasteiger partial charge in [-0.05, 0) is 41.9 Å². The van der Waals surface area contributed by atoms with Crippen molar-refractivity contribution in [2.45, 2.75) is 12.7 Å². The zero-order valence-electron chi connectivity index (χ0n) is 15.5. The van der Waals surface area contributed by atoms with Crippen LogP contribution >= 0.6 is 0 Å². The first-order chi connectivity index (χ1) is 13.2. The molecule has 2 N–H and O–H groups in total. The molecule has 150 valence electrons. The standard InChI is InChI=1S/C20H22F3N3O2/c1-25-8-10-26(11-9-25)13-16-3-2-15(12-18(16)20(21,22)23)14-4-6-17(7-5-14)28-19(24)27/h2-7,12H,8-11,13H2,1H3,(H2,24,27). The minimum Gasteiger partial charge on any atom is -0.411 e. The van der Waals surface area contributed by atoms with Crippen molar-refractivity contribution >= 4 is 6.09 Å². The first-order valence-electron chi connectivity index (χ1n) is 8.91. The van der Waals surface area contributed by atoms with Crippen LogP contribution in [0, 0.1) is 0 Å². The van der Waals surface area contributed by atoms with E-state index in [1.54, 1.807) is 24.3 Å². The summed E-state index contributed by atoms with van der Waals surface area (Å²) in [5, 5.41) is 0. The number of likely N-dealkylation sites (N-methyl/N-ethyl adjacent to an activating group) is 1. The maximum absolute atomic E-state index is 13.7. The lowest BCUT2D eigenvalue weighted by atomic mass is 9.98. The van der Waals surface area contributed by atoms with Crippen LogP contribution in [-0.4, -0.2) is 49.1 Å². The van der Waals surface area contributed by atoms with Crippen molar-refractivity contribution in [3.05, 3.63) is 53.6 Å². The van der Waals surface area contributed by atoms with Crippen LogP contribution in [0.5, 0.6) is 5.75 Å². The topological polar surface area (TPSA) is 58.8 Å². The molecule has 0 aliphatic carbocycles. The Balaban J connectivity index is 1.85. The number of benzene rings is 2. The Bertz CT molecular complexity index is 830. The van der Waals surface area contributed by atoms with E-state index in [0.29, 0.717) is 11.1 Å². The summed E-state index contributed by atoms with van der Waals surface area (Å²) in [6.07, 6.45) is -5.38. The summed E-state index contributed by atoms with van der Waals surface area (Å²) in [6.45, 7) is 3.46. The zero-order chi connectivity index (χ0) is 20.3. The van der Waals surface area contributed by atoms with Crippen LogP contribution in [0.15, 0.2) is 42.5 Å². The van der Waals surface area contributed by atoms with Gasteiger partial charge in [-0.15, -0.1) is 0 Å². The number of ether oxygens (including phenoxy) is 1. The van der Waals surface area contributed by atoms with Gasteiger partial charge >= 0.3 is 12.3 Å². The molecule has 5 nitrogen and oxygen atoms in total. The number of piperazine rings is 1. The molecule has 0 spiro atoms. The van der Waals surface area contributed by atoms with Crippen molar-refractivity contribution in [2.75, 3.05) is 33.2 Å². The van der Waals surface area contributed by atoms with E-state index in [1.807, 2.05) is 11.9 Å². The molecular formula is C20H22F3N3O2. The second-order valence-corrected chi connectivity index (χ2v) is 6.89. The highest BCUT2D eigenvalue weighted by atomic mass is 19.4. The predicted molar refractivity (Wildman–Crippen MR) is 99.9 cm³/mol. The summed E-state index contributed by atoms with van der Waals surface area (Å²) < 4.78 is 45.8. The number of alkyl halides is 3. The summed E-state index contributed by atoms with van der Waals surface area (Å²) in [4.78, 5) is 15.0. The van der Waals surface area contributed by atoms with Crippen molar-refractivity contribution in [1.82, 2.24) is 9.80 Å². The lowest BCUT2D eigenvalue weighted by molar-refractivity contribution is -0.138. The largest absolute Gasteiger partial charge is 0.416 e. The van der Waals surface area contributed by atoms with Crippen molar-refractivity contribution in [3.63, 3.8) is 0 Å². The van der Waals surface area contributed by atoms with Crippen LogP contribution in [0.4, 0.5) is 18.0 Å². The Labute approximate surface area is 161 Å². The molecule has 0 bridgehead atoms. The summed E-state index contributed by atoms with van der Waals surface area (Å²) in [7, 11) is 2.01. The van der Waals surface area contributed by atoms with E-state index in [1.165, 1.54) is 18.2 Å². The molecule has 2 aromatic carbocycles. The van der Waals surface area contributed by atoms with E-state index in [-0.39, 0.29) is 17.9 Å². The molecule has 0 saturated carbocycles. The number of nitrogens with zero attached hydrogens (tertiary/aromatic N) is 2. The molecule has 1 amide bonds. The smallest absolute Gasteiger partial charge is 0.411 e. The molecule has 1 heterocycles. The molecule has 1 fully saturated rings.